The fraction of sp³-hybridized carbons (Fsp3) is 0.484. The van der Waals surface area contributed by atoms with Gasteiger partial charge in [0, 0.05) is 53.7 Å². The van der Waals surface area contributed by atoms with Crippen LogP contribution in [-0.4, -0.2) is 66.7 Å². The van der Waals surface area contributed by atoms with E-state index < -0.39 is 9.84 Å². The first-order valence-corrected chi connectivity index (χ1v) is 16.4. The van der Waals surface area contributed by atoms with Gasteiger partial charge in [-0.15, -0.1) is 0 Å². The maximum Gasteiger partial charge on any atom is 0.151 e. The Kier molecular flexibility index (Phi) is 7.65. The molecule has 1 unspecified atom stereocenters. The van der Waals surface area contributed by atoms with Gasteiger partial charge in [0.25, 0.3) is 0 Å². The number of hydrogen-bond donors (Lipinski definition) is 2. The van der Waals surface area contributed by atoms with Crippen molar-refractivity contribution in [3.8, 4) is 5.75 Å². The Morgan fingerprint density at radius 2 is 2.02 bits per heavy atom. The molecule has 3 saturated heterocycles. The van der Waals surface area contributed by atoms with Crippen molar-refractivity contribution in [1.29, 1.82) is 5.41 Å². The molecule has 3 fully saturated rings. The number of aryl methyl sites for hydroxylation is 2. The lowest BCUT2D eigenvalue weighted by Gasteiger charge is -2.48. The highest BCUT2D eigenvalue weighted by Gasteiger charge is 2.50. The van der Waals surface area contributed by atoms with Crippen molar-refractivity contribution in [3.63, 3.8) is 0 Å². The van der Waals surface area contributed by atoms with Crippen molar-refractivity contribution in [2.75, 3.05) is 41.4 Å². The van der Waals surface area contributed by atoms with Gasteiger partial charge in [-0.25, -0.2) is 13.4 Å². The topological polar surface area (TPSA) is 130 Å². The molecule has 2 aromatic heterocycles. The summed E-state index contributed by atoms with van der Waals surface area (Å²) in [5.41, 5.74) is 5.23. The molecule has 3 aromatic rings. The summed E-state index contributed by atoms with van der Waals surface area (Å²) in [5.74, 6) is 2.01. The van der Waals surface area contributed by atoms with Crippen LogP contribution in [0, 0.1) is 24.7 Å². The number of nitrogens with zero attached hydrogens (tertiary/aromatic N) is 4. The van der Waals surface area contributed by atoms with Gasteiger partial charge in [0.2, 0.25) is 0 Å². The summed E-state index contributed by atoms with van der Waals surface area (Å²) in [6.07, 6.45) is 6.89. The van der Waals surface area contributed by atoms with E-state index in [0.29, 0.717) is 35.7 Å². The maximum atomic E-state index is 12.0. The van der Waals surface area contributed by atoms with Gasteiger partial charge in [0.1, 0.15) is 23.9 Å². The van der Waals surface area contributed by atoms with E-state index in [-0.39, 0.29) is 29.3 Å². The number of rotatable bonds is 8. The first kappa shape index (κ1) is 28.5. The van der Waals surface area contributed by atoms with Crippen LogP contribution in [0.4, 0.5) is 11.5 Å². The Hall–Kier alpha value is -3.57. The smallest absolute Gasteiger partial charge is 0.151 e. The molecule has 2 N–H and O–H groups in total. The molecule has 0 saturated carbocycles. The van der Waals surface area contributed by atoms with Gasteiger partial charge in [0.15, 0.2) is 9.84 Å². The summed E-state index contributed by atoms with van der Waals surface area (Å²) in [6.45, 7) is 8.05. The van der Waals surface area contributed by atoms with Crippen molar-refractivity contribution < 1.29 is 17.9 Å². The van der Waals surface area contributed by atoms with Crippen molar-refractivity contribution in [1.82, 2.24) is 15.2 Å². The van der Waals surface area contributed by atoms with Crippen molar-refractivity contribution in [2.24, 2.45) is 5.41 Å². The molecule has 0 radical (unpaired) electrons. The largest absolute Gasteiger partial charge is 0.486 e. The molecule has 0 aliphatic carbocycles. The molecule has 1 aromatic carbocycles. The van der Waals surface area contributed by atoms with Crippen LogP contribution in [0.1, 0.15) is 66.7 Å². The van der Waals surface area contributed by atoms with E-state index in [1.807, 2.05) is 51.1 Å². The number of hydrogen-bond acceptors (Lipinski definition) is 10. The number of benzene rings is 1. The lowest BCUT2D eigenvalue weighted by molar-refractivity contribution is 0.0343. The average Bonchev–Trinajstić information content (AvgIpc) is 3.29. The maximum absolute atomic E-state index is 12.0. The highest BCUT2D eigenvalue weighted by molar-refractivity contribution is 7.91. The summed E-state index contributed by atoms with van der Waals surface area (Å²) >= 11 is 0. The van der Waals surface area contributed by atoms with Crippen molar-refractivity contribution >= 4 is 27.1 Å². The van der Waals surface area contributed by atoms with Gasteiger partial charge in [0.05, 0.1) is 29.1 Å². The zero-order valence-corrected chi connectivity index (χ0v) is 25.2. The molecular formula is C31H38N6O4S. The van der Waals surface area contributed by atoms with Gasteiger partial charge < -0.3 is 19.7 Å². The third kappa shape index (κ3) is 5.85. The highest BCUT2D eigenvalue weighted by atomic mass is 32.2. The molecule has 6 rings (SSSR count). The normalized spacial score (nSPS) is 21.5. The van der Waals surface area contributed by atoms with Crippen molar-refractivity contribution in [2.45, 2.75) is 58.8 Å². The second kappa shape index (κ2) is 11.3. The van der Waals surface area contributed by atoms with E-state index >= 15 is 0 Å². The third-order valence-electron chi connectivity index (χ3n) is 8.63. The van der Waals surface area contributed by atoms with E-state index in [9.17, 15) is 13.8 Å². The van der Waals surface area contributed by atoms with Gasteiger partial charge >= 0.3 is 0 Å². The van der Waals surface area contributed by atoms with Crippen LogP contribution < -0.4 is 15.0 Å². The molecule has 10 nitrogen and oxygen atoms in total. The molecular weight excluding hydrogens is 552 g/mol. The molecule has 2 atom stereocenters. The molecule has 42 heavy (non-hydrogen) atoms. The van der Waals surface area contributed by atoms with E-state index in [0.717, 1.165) is 60.6 Å². The van der Waals surface area contributed by atoms with Crippen LogP contribution in [-0.2, 0) is 14.6 Å². The van der Waals surface area contributed by atoms with Gasteiger partial charge in [-0.2, -0.15) is 10.2 Å². The molecule has 0 amide bonds. The molecule has 3 aliphatic heterocycles. The predicted molar refractivity (Wildman–Crippen MR) is 162 cm³/mol. The number of sulfone groups is 1. The highest BCUT2D eigenvalue weighted by Crippen LogP contribution is 2.42. The summed E-state index contributed by atoms with van der Waals surface area (Å²) < 4.78 is 36.3. The Balaban J connectivity index is 1.23. The van der Waals surface area contributed by atoms with Crippen LogP contribution >= 0.6 is 0 Å². The predicted octanol–water partition coefficient (Wildman–Crippen LogP) is 4.61. The number of ether oxygens (including phenoxy) is 2. The number of aromatic nitrogens is 3. The Morgan fingerprint density at radius 1 is 1.19 bits per heavy atom. The molecule has 0 bridgehead atoms. The second-order valence-corrected chi connectivity index (χ2v) is 14.2. The summed E-state index contributed by atoms with van der Waals surface area (Å²) in [7, 11) is -2.92. The minimum atomic E-state index is -2.92. The summed E-state index contributed by atoms with van der Waals surface area (Å²) in [4.78, 5) is 6.78. The van der Waals surface area contributed by atoms with Crippen LogP contribution in [0.25, 0.3) is 0 Å². The molecule has 11 heteroatoms. The SMILES string of the molecule is Cc1cnnc(C)c1[C@@H](C)Oc1ccc(NC2CCCCO2)c(C(=N)c2ccc(N3CC4(CCS(=O)(=O)C4)C3)nc2)c1. The van der Waals surface area contributed by atoms with E-state index in [1.54, 1.807) is 12.4 Å². The standard InChI is InChI=1S/C31H38N6O4S/c1-20-15-34-36-21(2)29(20)22(3)41-24-8-9-26(35-28-6-4-5-12-40-28)25(14-24)30(32)23-7-10-27(33-16-23)37-17-31(18-37)11-13-42(38,39)19-31/h7-10,14-16,22,28,32,35H,4-6,11-13,17-19H2,1-3H3/t22-,28?/m1/s1. The molecule has 5 heterocycles. The lowest BCUT2D eigenvalue weighted by atomic mass is 9.79. The van der Waals surface area contributed by atoms with Crippen LogP contribution in [0.5, 0.6) is 5.75 Å². The monoisotopic (exact) mass is 590 g/mol. The fourth-order valence-corrected chi connectivity index (χ4v) is 8.63. The number of pyridine rings is 1. The molecule has 222 valence electrons. The van der Waals surface area contributed by atoms with Crippen molar-refractivity contribution in [3.05, 3.63) is 70.7 Å². The van der Waals surface area contributed by atoms with Gasteiger partial charge in [-0.1, -0.05) is 0 Å². The Labute approximate surface area is 247 Å². The Bertz CT molecular complexity index is 1560. The molecule has 1 spiro atoms. The second-order valence-electron chi connectivity index (χ2n) is 12.0. The quantitative estimate of drug-likeness (QED) is 0.361. The third-order valence-corrected chi connectivity index (χ3v) is 10.5. The van der Waals surface area contributed by atoms with E-state index in [1.165, 1.54) is 0 Å². The molecule has 3 aliphatic rings. The van der Waals surface area contributed by atoms with E-state index in [4.69, 9.17) is 9.47 Å². The fourth-order valence-electron chi connectivity index (χ4n) is 6.48. The minimum Gasteiger partial charge on any atom is -0.486 e. The van der Waals surface area contributed by atoms with Crippen LogP contribution in [0.2, 0.25) is 0 Å². The average molecular weight is 591 g/mol. The minimum absolute atomic E-state index is 0.108. The zero-order valence-electron chi connectivity index (χ0n) is 24.4. The number of nitrogens with one attached hydrogen (secondary N) is 2. The number of anilines is 2. The van der Waals surface area contributed by atoms with Crippen LogP contribution in [0.15, 0.2) is 42.7 Å². The summed E-state index contributed by atoms with van der Waals surface area (Å²) in [5, 5.41) is 20.9. The Morgan fingerprint density at radius 3 is 2.69 bits per heavy atom. The van der Waals surface area contributed by atoms with E-state index in [2.05, 4.69) is 25.4 Å². The zero-order chi connectivity index (χ0) is 29.5. The van der Waals surface area contributed by atoms with Crippen LogP contribution in [0.3, 0.4) is 0 Å². The lowest BCUT2D eigenvalue weighted by Crippen LogP contribution is -2.57. The summed E-state index contributed by atoms with van der Waals surface area (Å²) in [6, 6.07) is 9.60. The van der Waals surface area contributed by atoms with Gasteiger partial charge in [-0.3, -0.25) is 5.41 Å². The van der Waals surface area contributed by atoms with Gasteiger partial charge in [-0.05, 0) is 82.3 Å². The first-order chi connectivity index (χ1) is 20.1. The first-order valence-electron chi connectivity index (χ1n) is 14.6.